The Morgan fingerprint density at radius 1 is 1.03 bits per heavy atom. The first-order valence-electron chi connectivity index (χ1n) is 10.9. The zero-order valence-electron chi connectivity index (χ0n) is 18.9. The maximum atomic E-state index is 13.2. The maximum absolute atomic E-state index is 13.2. The molecule has 2 aromatic carbocycles. The fourth-order valence-electron chi connectivity index (χ4n) is 3.91. The first-order chi connectivity index (χ1) is 15.7. The van der Waals surface area contributed by atoms with Gasteiger partial charge in [-0.2, -0.15) is 4.31 Å². The second-order valence-corrected chi connectivity index (χ2v) is 10.4. The van der Waals surface area contributed by atoms with E-state index in [0.29, 0.717) is 18.6 Å². The number of nitrogens with zero attached hydrogens (tertiary/aromatic N) is 3. The molecule has 0 bridgehead atoms. The Morgan fingerprint density at radius 3 is 2.33 bits per heavy atom. The third-order valence-corrected chi connectivity index (χ3v) is 7.68. The quantitative estimate of drug-likeness (QED) is 0.536. The van der Waals surface area contributed by atoms with Crippen LogP contribution in [0.5, 0.6) is 0 Å². The number of carbonyl (C=O) groups is 1. The van der Waals surface area contributed by atoms with Crippen LogP contribution in [0.15, 0.2) is 62.6 Å². The summed E-state index contributed by atoms with van der Waals surface area (Å²) in [6.45, 7) is 6.72. The highest BCUT2D eigenvalue weighted by Gasteiger charge is 2.30. The van der Waals surface area contributed by atoms with Crippen molar-refractivity contribution in [1.82, 2.24) is 13.8 Å². The fraction of sp³-hybridized carbons (Fsp3) is 0.333. The standard InChI is InChI=1S/C24H27N3O5S/c1-17(2)27-21-10-9-20(16-22(21)32-24(27)29)33(30,31)26-14-12-25(13-15-26)23(28)11-8-19-6-4-18(3)5-7-19/h4-11,16-17H,12-15H2,1-3H3/b11-8+. The topological polar surface area (TPSA) is 92.8 Å². The van der Waals surface area contributed by atoms with Crippen molar-refractivity contribution in [2.45, 2.75) is 31.7 Å². The van der Waals surface area contributed by atoms with E-state index in [0.717, 1.165) is 11.1 Å². The van der Waals surface area contributed by atoms with Crippen LogP contribution >= 0.6 is 0 Å². The molecular formula is C24H27N3O5S. The second-order valence-electron chi connectivity index (χ2n) is 8.43. The van der Waals surface area contributed by atoms with E-state index in [1.54, 1.807) is 17.0 Å². The van der Waals surface area contributed by atoms with E-state index in [9.17, 15) is 18.0 Å². The summed E-state index contributed by atoms with van der Waals surface area (Å²) in [5, 5.41) is 0. The van der Waals surface area contributed by atoms with E-state index >= 15 is 0 Å². The molecule has 1 aliphatic heterocycles. The molecule has 0 unspecified atom stereocenters. The van der Waals surface area contributed by atoms with Crippen LogP contribution in [-0.4, -0.2) is 54.3 Å². The molecule has 0 saturated carbocycles. The van der Waals surface area contributed by atoms with Gasteiger partial charge in [0.05, 0.1) is 10.4 Å². The molecular weight excluding hydrogens is 442 g/mol. The summed E-state index contributed by atoms with van der Waals surface area (Å²) in [6, 6.07) is 12.2. The monoisotopic (exact) mass is 469 g/mol. The van der Waals surface area contributed by atoms with Crippen LogP contribution < -0.4 is 5.76 Å². The molecule has 2 heterocycles. The Morgan fingerprint density at radius 2 is 1.70 bits per heavy atom. The lowest BCUT2D eigenvalue weighted by Gasteiger charge is -2.33. The van der Waals surface area contributed by atoms with Crippen LogP contribution in [0.4, 0.5) is 0 Å². The molecule has 33 heavy (non-hydrogen) atoms. The molecule has 174 valence electrons. The summed E-state index contributed by atoms with van der Waals surface area (Å²) in [6.07, 6.45) is 3.28. The number of sulfonamides is 1. The molecule has 1 amide bonds. The summed E-state index contributed by atoms with van der Waals surface area (Å²) in [4.78, 5) is 26.3. The summed E-state index contributed by atoms with van der Waals surface area (Å²) >= 11 is 0. The number of oxazole rings is 1. The Labute approximate surface area is 192 Å². The Hall–Kier alpha value is -3.17. The second kappa shape index (κ2) is 8.99. The average Bonchev–Trinajstić information content (AvgIpc) is 3.13. The zero-order valence-corrected chi connectivity index (χ0v) is 19.7. The minimum Gasteiger partial charge on any atom is -0.408 e. The molecule has 3 aromatic rings. The molecule has 0 atom stereocenters. The van der Waals surface area contributed by atoms with Gasteiger partial charge < -0.3 is 9.32 Å². The Bertz CT molecular complexity index is 1360. The average molecular weight is 470 g/mol. The van der Waals surface area contributed by atoms with E-state index < -0.39 is 15.8 Å². The number of carbonyl (C=O) groups excluding carboxylic acids is 1. The zero-order chi connectivity index (χ0) is 23.8. The molecule has 0 spiro atoms. The van der Waals surface area contributed by atoms with E-state index in [1.807, 2.05) is 45.0 Å². The highest BCUT2D eigenvalue weighted by molar-refractivity contribution is 7.89. The number of hydrogen-bond acceptors (Lipinski definition) is 5. The van der Waals surface area contributed by atoms with Gasteiger partial charge in [-0.1, -0.05) is 29.8 Å². The van der Waals surface area contributed by atoms with Crippen molar-refractivity contribution < 1.29 is 17.6 Å². The number of aromatic nitrogens is 1. The summed E-state index contributed by atoms with van der Waals surface area (Å²) in [7, 11) is -3.78. The number of amides is 1. The van der Waals surface area contributed by atoms with Gasteiger partial charge in [0.25, 0.3) is 0 Å². The largest absolute Gasteiger partial charge is 0.420 e. The van der Waals surface area contributed by atoms with Gasteiger partial charge in [0, 0.05) is 44.4 Å². The van der Waals surface area contributed by atoms with Gasteiger partial charge in [0.1, 0.15) is 0 Å². The maximum Gasteiger partial charge on any atom is 0.420 e. The van der Waals surface area contributed by atoms with Crippen molar-refractivity contribution in [2.24, 2.45) is 0 Å². The van der Waals surface area contributed by atoms with E-state index in [4.69, 9.17) is 4.42 Å². The van der Waals surface area contributed by atoms with Crippen molar-refractivity contribution in [2.75, 3.05) is 26.2 Å². The first kappa shape index (κ1) is 23.0. The summed E-state index contributed by atoms with van der Waals surface area (Å²) < 4.78 is 34.4. The number of aryl methyl sites for hydroxylation is 1. The minimum atomic E-state index is -3.78. The van der Waals surface area contributed by atoms with E-state index in [2.05, 4.69) is 0 Å². The molecule has 0 radical (unpaired) electrons. The van der Waals surface area contributed by atoms with Gasteiger partial charge in [-0.15, -0.1) is 0 Å². The lowest BCUT2D eigenvalue weighted by atomic mass is 10.1. The third-order valence-electron chi connectivity index (χ3n) is 5.78. The molecule has 9 heteroatoms. The minimum absolute atomic E-state index is 0.0682. The predicted octanol–water partition coefficient (Wildman–Crippen LogP) is 3.03. The van der Waals surface area contributed by atoms with Crippen LogP contribution in [0, 0.1) is 6.92 Å². The number of hydrogen-bond donors (Lipinski definition) is 0. The summed E-state index contributed by atoms with van der Waals surface area (Å²) in [5.41, 5.74) is 2.88. The van der Waals surface area contributed by atoms with Gasteiger partial charge in [-0.3, -0.25) is 9.36 Å². The van der Waals surface area contributed by atoms with Gasteiger partial charge in [-0.25, -0.2) is 13.2 Å². The fourth-order valence-corrected chi connectivity index (χ4v) is 5.35. The van der Waals surface area contributed by atoms with Crippen molar-refractivity contribution >= 4 is 33.1 Å². The molecule has 0 aliphatic carbocycles. The molecule has 4 rings (SSSR count). The van der Waals surface area contributed by atoms with Crippen molar-refractivity contribution in [3.05, 3.63) is 70.2 Å². The molecule has 1 fully saturated rings. The van der Waals surface area contributed by atoms with Crippen LogP contribution in [-0.2, 0) is 14.8 Å². The van der Waals surface area contributed by atoms with Crippen molar-refractivity contribution in [3.8, 4) is 0 Å². The highest BCUT2D eigenvalue weighted by atomic mass is 32.2. The number of fused-ring (bicyclic) bond motifs is 1. The van der Waals surface area contributed by atoms with Gasteiger partial charge in [-0.05, 0) is 44.5 Å². The Kier molecular flexibility index (Phi) is 6.27. The first-order valence-corrected chi connectivity index (χ1v) is 12.3. The SMILES string of the molecule is Cc1ccc(/C=C/C(=O)N2CCN(S(=O)(=O)c3ccc4c(c3)oc(=O)n4C(C)C)CC2)cc1. The molecule has 0 N–H and O–H groups in total. The molecule has 8 nitrogen and oxygen atoms in total. The smallest absolute Gasteiger partial charge is 0.408 e. The normalized spacial score (nSPS) is 15.7. The van der Waals surface area contributed by atoms with Gasteiger partial charge in [0.15, 0.2) is 5.58 Å². The van der Waals surface area contributed by atoms with E-state index in [-0.39, 0.29) is 35.5 Å². The van der Waals surface area contributed by atoms with Crippen LogP contribution in [0.25, 0.3) is 17.2 Å². The van der Waals surface area contributed by atoms with E-state index in [1.165, 1.54) is 27.1 Å². The van der Waals surface area contributed by atoms with Crippen molar-refractivity contribution in [1.29, 1.82) is 0 Å². The van der Waals surface area contributed by atoms with Gasteiger partial charge >= 0.3 is 5.76 Å². The third kappa shape index (κ3) is 4.65. The number of piperazine rings is 1. The lowest BCUT2D eigenvalue weighted by molar-refractivity contribution is -0.127. The predicted molar refractivity (Wildman–Crippen MR) is 126 cm³/mol. The molecule has 1 saturated heterocycles. The number of rotatable bonds is 5. The lowest BCUT2D eigenvalue weighted by Crippen LogP contribution is -2.50. The molecule has 1 aliphatic rings. The van der Waals surface area contributed by atoms with Gasteiger partial charge in [0.2, 0.25) is 15.9 Å². The van der Waals surface area contributed by atoms with Crippen LogP contribution in [0.2, 0.25) is 0 Å². The van der Waals surface area contributed by atoms with Crippen LogP contribution in [0.3, 0.4) is 0 Å². The van der Waals surface area contributed by atoms with Crippen LogP contribution in [0.1, 0.15) is 31.0 Å². The number of benzene rings is 2. The molecule has 1 aromatic heterocycles. The summed E-state index contributed by atoms with van der Waals surface area (Å²) in [5.74, 6) is -0.661. The Balaban J connectivity index is 1.45. The highest BCUT2D eigenvalue weighted by Crippen LogP contribution is 2.24. The van der Waals surface area contributed by atoms with Crippen molar-refractivity contribution in [3.63, 3.8) is 0 Å².